The van der Waals surface area contributed by atoms with Crippen molar-refractivity contribution in [3.05, 3.63) is 58.2 Å². The van der Waals surface area contributed by atoms with E-state index in [9.17, 15) is 27.1 Å². The SMILES string of the molecule is C=C(/C=C\C(=C)S(O)(O)n1cc(C=O)cc1Br)C(F)(F)F. The monoisotopic (exact) mass is 385 g/mol. The number of nitrogens with zero attached hydrogens (tertiary/aromatic N) is 1. The van der Waals surface area contributed by atoms with Gasteiger partial charge in [0.1, 0.15) is 4.60 Å². The average Bonchev–Trinajstić information content (AvgIpc) is 2.76. The first kappa shape index (κ1) is 17.8. The number of carbonyl (C=O) groups is 1. The van der Waals surface area contributed by atoms with Gasteiger partial charge in [0.25, 0.3) is 0 Å². The van der Waals surface area contributed by atoms with E-state index in [1.807, 2.05) is 0 Å². The minimum absolute atomic E-state index is 0.165. The van der Waals surface area contributed by atoms with E-state index in [2.05, 4.69) is 29.1 Å². The van der Waals surface area contributed by atoms with Crippen LogP contribution in [-0.4, -0.2) is 25.5 Å². The Morgan fingerprint density at radius 3 is 2.33 bits per heavy atom. The van der Waals surface area contributed by atoms with Crippen molar-refractivity contribution in [3.63, 3.8) is 0 Å². The van der Waals surface area contributed by atoms with Gasteiger partial charge in [0.15, 0.2) is 6.29 Å². The third-order valence-corrected chi connectivity index (χ3v) is 4.90. The van der Waals surface area contributed by atoms with Crippen LogP contribution in [0, 0.1) is 0 Å². The number of aromatic nitrogens is 1. The molecular formula is C12H11BrF3NO3S. The fraction of sp³-hybridized carbons (Fsp3) is 0.0833. The molecular weight excluding hydrogens is 375 g/mol. The van der Waals surface area contributed by atoms with Crippen molar-refractivity contribution in [1.82, 2.24) is 3.97 Å². The third kappa shape index (κ3) is 4.10. The molecule has 1 rings (SSSR count). The van der Waals surface area contributed by atoms with E-state index in [0.717, 1.165) is 16.2 Å². The van der Waals surface area contributed by atoms with Gasteiger partial charge in [0.05, 0.1) is 4.91 Å². The summed E-state index contributed by atoms with van der Waals surface area (Å²) < 4.78 is 58.0. The number of allylic oxidation sites excluding steroid dienone is 3. The molecule has 0 amide bonds. The Labute approximate surface area is 128 Å². The van der Waals surface area contributed by atoms with E-state index in [-0.39, 0.29) is 15.1 Å². The van der Waals surface area contributed by atoms with E-state index < -0.39 is 22.5 Å². The second kappa shape index (κ2) is 6.22. The molecule has 0 spiro atoms. The summed E-state index contributed by atoms with van der Waals surface area (Å²) in [5.41, 5.74) is -0.989. The third-order valence-electron chi connectivity index (χ3n) is 2.36. The minimum Gasteiger partial charge on any atom is -0.298 e. The van der Waals surface area contributed by atoms with Crippen molar-refractivity contribution in [2.75, 3.05) is 0 Å². The van der Waals surface area contributed by atoms with Gasteiger partial charge in [-0.3, -0.25) is 13.9 Å². The Hall–Kier alpha value is -1.29. The molecule has 0 bridgehead atoms. The molecule has 21 heavy (non-hydrogen) atoms. The minimum atomic E-state index is -4.61. The molecule has 1 heterocycles. The molecule has 9 heteroatoms. The van der Waals surface area contributed by atoms with Crippen LogP contribution in [0.2, 0.25) is 0 Å². The predicted octanol–water partition coefficient (Wildman–Crippen LogP) is 4.77. The van der Waals surface area contributed by atoms with E-state index in [4.69, 9.17) is 0 Å². The van der Waals surface area contributed by atoms with Crippen molar-refractivity contribution in [1.29, 1.82) is 0 Å². The predicted molar refractivity (Wildman–Crippen MR) is 79.2 cm³/mol. The van der Waals surface area contributed by atoms with Crippen LogP contribution in [-0.2, 0) is 0 Å². The standard InChI is InChI=1S/C12H11BrF3NO3S/c1-8(12(14,15)16)3-4-9(2)21(19,20)17-6-10(7-18)5-11(17)13/h3-7,19-20H,1-2H2/b4-3-. The molecule has 0 aliphatic heterocycles. The van der Waals surface area contributed by atoms with Gasteiger partial charge >= 0.3 is 6.18 Å². The van der Waals surface area contributed by atoms with Gasteiger partial charge in [0, 0.05) is 17.3 Å². The summed E-state index contributed by atoms with van der Waals surface area (Å²) in [6.45, 7) is 6.16. The summed E-state index contributed by atoms with van der Waals surface area (Å²) in [6, 6.07) is 1.33. The van der Waals surface area contributed by atoms with Crippen LogP contribution in [0.15, 0.2) is 52.7 Å². The second-order valence-corrected chi connectivity index (χ2v) is 6.65. The number of hydrogen-bond donors (Lipinski definition) is 2. The Morgan fingerprint density at radius 1 is 1.33 bits per heavy atom. The zero-order valence-corrected chi connectivity index (χ0v) is 12.9. The zero-order valence-electron chi connectivity index (χ0n) is 10.5. The fourth-order valence-corrected chi connectivity index (χ4v) is 3.24. The lowest BCUT2D eigenvalue weighted by Crippen LogP contribution is -2.11. The van der Waals surface area contributed by atoms with Gasteiger partial charge in [-0.15, -0.1) is 0 Å². The lowest BCUT2D eigenvalue weighted by Gasteiger charge is -2.34. The summed E-state index contributed by atoms with van der Waals surface area (Å²) in [5, 5.41) is 0. The molecule has 0 aliphatic rings. The van der Waals surface area contributed by atoms with E-state index in [1.54, 1.807) is 0 Å². The zero-order chi connectivity index (χ0) is 16.4. The molecule has 0 aromatic carbocycles. The van der Waals surface area contributed by atoms with Crippen LogP contribution in [0.25, 0.3) is 0 Å². The molecule has 0 radical (unpaired) electrons. The highest BCUT2D eigenvalue weighted by molar-refractivity contribution is 9.10. The first-order valence-corrected chi connectivity index (χ1v) is 7.54. The number of halogens is 4. The number of aldehydes is 1. The fourth-order valence-electron chi connectivity index (χ4n) is 1.20. The van der Waals surface area contributed by atoms with Crippen molar-refractivity contribution >= 4 is 33.0 Å². The highest BCUT2D eigenvalue weighted by Crippen LogP contribution is 2.51. The molecule has 0 saturated carbocycles. The molecule has 0 fully saturated rings. The Kier molecular flexibility index (Phi) is 5.26. The van der Waals surface area contributed by atoms with Crippen LogP contribution >= 0.6 is 26.7 Å². The molecule has 116 valence electrons. The summed E-state index contributed by atoms with van der Waals surface area (Å²) in [7, 11) is -3.68. The van der Waals surface area contributed by atoms with Crippen molar-refractivity contribution in [2.45, 2.75) is 6.18 Å². The van der Waals surface area contributed by atoms with Crippen LogP contribution in [0.5, 0.6) is 0 Å². The molecule has 2 N–H and O–H groups in total. The van der Waals surface area contributed by atoms with Crippen molar-refractivity contribution in [2.24, 2.45) is 0 Å². The van der Waals surface area contributed by atoms with E-state index in [1.165, 1.54) is 6.07 Å². The van der Waals surface area contributed by atoms with Crippen molar-refractivity contribution in [3.8, 4) is 0 Å². The van der Waals surface area contributed by atoms with Gasteiger partial charge < -0.3 is 0 Å². The number of carbonyl (C=O) groups excluding carboxylic acids is 1. The molecule has 0 unspecified atom stereocenters. The first-order valence-electron chi connectivity index (χ1n) is 5.25. The summed E-state index contributed by atoms with van der Waals surface area (Å²) in [6.07, 6.45) is -1.57. The summed E-state index contributed by atoms with van der Waals surface area (Å²) >= 11 is 3.02. The largest absolute Gasteiger partial charge is 0.415 e. The maximum atomic E-state index is 12.3. The Balaban J connectivity index is 3.04. The number of rotatable bonds is 5. The maximum Gasteiger partial charge on any atom is 0.415 e. The normalized spacial score (nSPS) is 13.4. The average molecular weight is 386 g/mol. The van der Waals surface area contributed by atoms with Crippen LogP contribution < -0.4 is 0 Å². The maximum absolute atomic E-state index is 12.3. The summed E-state index contributed by atoms with van der Waals surface area (Å²) in [5.74, 6) is 0. The topological polar surface area (TPSA) is 62.5 Å². The molecule has 1 aromatic heterocycles. The Bertz CT molecular complexity index is 620. The molecule has 0 atom stereocenters. The lowest BCUT2D eigenvalue weighted by molar-refractivity contribution is -0.0878. The van der Waals surface area contributed by atoms with Gasteiger partial charge in [-0.2, -0.15) is 13.2 Å². The first-order chi connectivity index (χ1) is 9.50. The highest BCUT2D eigenvalue weighted by atomic mass is 79.9. The van der Waals surface area contributed by atoms with Gasteiger partial charge in [-0.1, -0.05) is 23.9 Å². The van der Waals surface area contributed by atoms with Gasteiger partial charge in [-0.25, -0.2) is 3.97 Å². The van der Waals surface area contributed by atoms with E-state index in [0.29, 0.717) is 12.4 Å². The Morgan fingerprint density at radius 2 is 1.90 bits per heavy atom. The molecule has 0 saturated heterocycles. The summed E-state index contributed by atoms with van der Waals surface area (Å²) in [4.78, 5) is 10.3. The molecule has 0 aliphatic carbocycles. The highest BCUT2D eigenvalue weighted by Gasteiger charge is 2.30. The smallest absolute Gasteiger partial charge is 0.298 e. The van der Waals surface area contributed by atoms with E-state index >= 15 is 0 Å². The molecule has 4 nitrogen and oxygen atoms in total. The second-order valence-electron chi connectivity index (χ2n) is 3.88. The number of hydrogen-bond acceptors (Lipinski definition) is 3. The quantitative estimate of drug-likeness (QED) is 0.566. The van der Waals surface area contributed by atoms with Crippen molar-refractivity contribution < 1.29 is 27.1 Å². The molecule has 1 aromatic rings. The lowest BCUT2D eigenvalue weighted by atomic mass is 10.2. The number of alkyl halides is 3. The van der Waals surface area contributed by atoms with Crippen LogP contribution in [0.1, 0.15) is 10.4 Å². The van der Waals surface area contributed by atoms with Crippen LogP contribution in [0.4, 0.5) is 13.2 Å². The van der Waals surface area contributed by atoms with Crippen LogP contribution in [0.3, 0.4) is 0 Å². The van der Waals surface area contributed by atoms with Gasteiger partial charge in [-0.05, 0) is 34.1 Å². The van der Waals surface area contributed by atoms with Gasteiger partial charge in [0.2, 0.25) is 0 Å².